The van der Waals surface area contributed by atoms with Crippen molar-refractivity contribution in [3.63, 3.8) is 0 Å². The average molecular weight is 336 g/mol. The van der Waals surface area contributed by atoms with Crippen molar-refractivity contribution in [1.29, 1.82) is 0 Å². The van der Waals surface area contributed by atoms with Crippen LogP contribution in [0.2, 0.25) is 0 Å². The summed E-state index contributed by atoms with van der Waals surface area (Å²) in [6, 6.07) is 2.97. The zero-order valence-corrected chi connectivity index (χ0v) is 14.5. The molecule has 0 N–H and O–H groups in total. The van der Waals surface area contributed by atoms with E-state index in [0.29, 0.717) is 18.4 Å². The minimum absolute atomic E-state index is 0.129. The van der Waals surface area contributed by atoms with Gasteiger partial charge in [0.1, 0.15) is 11.4 Å². The van der Waals surface area contributed by atoms with Gasteiger partial charge in [-0.05, 0) is 51.5 Å². The quantitative estimate of drug-likeness (QED) is 0.842. The van der Waals surface area contributed by atoms with E-state index in [1.807, 2.05) is 25.7 Å². The Kier molecular flexibility index (Phi) is 4.65. The Balaban J connectivity index is 1.55. The Morgan fingerprint density at radius 1 is 1.33 bits per heavy atom. The maximum absolute atomic E-state index is 12.8. The number of hydrogen-bond donors (Lipinski definition) is 0. The summed E-state index contributed by atoms with van der Waals surface area (Å²) in [7, 11) is 0. The molecule has 2 fully saturated rings. The third kappa shape index (κ3) is 4.36. The van der Waals surface area contributed by atoms with Gasteiger partial charge in [-0.25, -0.2) is 14.2 Å². The summed E-state index contributed by atoms with van der Waals surface area (Å²) in [5, 5.41) is 0. The molecule has 1 aliphatic carbocycles. The smallest absolute Gasteiger partial charge is 0.410 e. The molecule has 2 heterocycles. The van der Waals surface area contributed by atoms with Gasteiger partial charge in [0.15, 0.2) is 0 Å². The second-order valence-electron chi connectivity index (χ2n) is 7.73. The first-order chi connectivity index (χ1) is 11.3. The topological polar surface area (TPSA) is 51.7 Å². The molecule has 6 heteroatoms. The van der Waals surface area contributed by atoms with Gasteiger partial charge in [-0.2, -0.15) is 0 Å². The van der Waals surface area contributed by atoms with Crippen molar-refractivity contribution in [2.45, 2.75) is 51.7 Å². The molecule has 1 amide bonds. The number of ether oxygens (including phenoxy) is 2. The van der Waals surface area contributed by atoms with Crippen LogP contribution in [-0.2, 0) is 4.74 Å². The largest absolute Gasteiger partial charge is 0.478 e. The third-order valence-corrected chi connectivity index (χ3v) is 4.55. The van der Waals surface area contributed by atoms with Crippen molar-refractivity contribution < 1.29 is 18.7 Å². The van der Waals surface area contributed by atoms with Gasteiger partial charge in [0.25, 0.3) is 0 Å². The van der Waals surface area contributed by atoms with Crippen LogP contribution in [0.4, 0.5) is 9.18 Å². The number of rotatable bonds is 4. The molecule has 5 nitrogen and oxygen atoms in total. The van der Waals surface area contributed by atoms with Crippen molar-refractivity contribution in [3.8, 4) is 5.88 Å². The Hall–Kier alpha value is -1.85. The lowest BCUT2D eigenvalue weighted by atomic mass is 10.00. The zero-order valence-electron chi connectivity index (χ0n) is 14.5. The monoisotopic (exact) mass is 336 g/mol. The van der Waals surface area contributed by atoms with Crippen LogP contribution in [0.3, 0.4) is 0 Å². The van der Waals surface area contributed by atoms with Gasteiger partial charge in [0.05, 0.1) is 12.8 Å². The third-order valence-electron chi connectivity index (χ3n) is 4.55. The molecule has 0 aromatic carbocycles. The Morgan fingerprint density at radius 2 is 2.12 bits per heavy atom. The van der Waals surface area contributed by atoms with Gasteiger partial charge >= 0.3 is 6.09 Å². The lowest BCUT2D eigenvalue weighted by molar-refractivity contribution is 0.00613. The summed E-state index contributed by atoms with van der Waals surface area (Å²) in [6.07, 6.45) is 3.83. The zero-order chi connectivity index (χ0) is 17.3. The maximum Gasteiger partial charge on any atom is 0.410 e. The molecule has 3 atom stereocenters. The molecule has 0 radical (unpaired) electrons. The van der Waals surface area contributed by atoms with E-state index in [1.54, 1.807) is 0 Å². The highest BCUT2D eigenvalue weighted by molar-refractivity contribution is 5.69. The summed E-state index contributed by atoms with van der Waals surface area (Å²) in [6.45, 7) is 6.87. The fourth-order valence-electron chi connectivity index (χ4n) is 3.27. The van der Waals surface area contributed by atoms with Crippen LogP contribution < -0.4 is 4.74 Å². The minimum Gasteiger partial charge on any atom is -0.478 e. The molecule has 1 aromatic rings. The number of carbonyl (C=O) groups is 1. The summed E-state index contributed by atoms with van der Waals surface area (Å²) in [5.41, 5.74) is -0.490. The van der Waals surface area contributed by atoms with Gasteiger partial charge in [0.2, 0.25) is 5.88 Å². The summed E-state index contributed by atoms with van der Waals surface area (Å²) in [4.78, 5) is 18.2. The van der Waals surface area contributed by atoms with E-state index in [1.165, 1.54) is 18.6 Å². The van der Waals surface area contributed by atoms with Gasteiger partial charge in [-0.15, -0.1) is 0 Å². The molecule has 1 saturated carbocycles. The van der Waals surface area contributed by atoms with Crippen LogP contribution in [0, 0.1) is 17.7 Å². The predicted octanol–water partition coefficient (Wildman–Crippen LogP) is 3.64. The van der Waals surface area contributed by atoms with Gasteiger partial charge in [0, 0.05) is 25.1 Å². The minimum atomic E-state index is -0.490. The molecule has 3 rings (SSSR count). The number of hydrogen-bond acceptors (Lipinski definition) is 4. The van der Waals surface area contributed by atoms with E-state index in [2.05, 4.69) is 4.98 Å². The number of amides is 1. The SMILES string of the molecule is CC(C)(C)OC(=O)N1C[C@H]2C[C@H]2C[C@H]1CCOc1ccc(F)cn1. The van der Waals surface area contributed by atoms with E-state index < -0.39 is 5.60 Å². The molecule has 1 saturated heterocycles. The van der Waals surface area contributed by atoms with Crippen LogP contribution in [0.15, 0.2) is 18.3 Å². The number of halogens is 1. The maximum atomic E-state index is 12.8. The highest BCUT2D eigenvalue weighted by Crippen LogP contribution is 2.47. The molecule has 0 spiro atoms. The standard InChI is InChI=1S/C18H25FN2O3/c1-18(2,3)24-17(22)21-11-13-8-12(13)9-15(21)6-7-23-16-5-4-14(19)10-20-16/h4-5,10,12-13,15H,6-9,11H2,1-3H3/t12-,13+,15+/m0/s1. The van der Waals surface area contributed by atoms with Crippen molar-refractivity contribution >= 4 is 6.09 Å². The number of aromatic nitrogens is 1. The molecule has 0 unspecified atom stereocenters. The van der Waals surface area contributed by atoms with E-state index >= 15 is 0 Å². The number of nitrogens with zero attached hydrogens (tertiary/aromatic N) is 2. The molecule has 2 aliphatic rings. The van der Waals surface area contributed by atoms with E-state index in [4.69, 9.17) is 9.47 Å². The van der Waals surface area contributed by atoms with Crippen molar-refractivity contribution in [3.05, 3.63) is 24.1 Å². The van der Waals surface area contributed by atoms with Crippen molar-refractivity contribution in [2.75, 3.05) is 13.2 Å². The van der Waals surface area contributed by atoms with Crippen LogP contribution in [-0.4, -0.2) is 40.8 Å². The number of likely N-dealkylation sites (tertiary alicyclic amines) is 1. The second-order valence-corrected chi connectivity index (χ2v) is 7.73. The van der Waals surface area contributed by atoms with Gasteiger partial charge in [-0.3, -0.25) is 0 Å². The van der Waals surface area contributed by atoms with Crippen LogP contribution in [0.5, 0.6) is 5.88 Å². The summed E-state index contributed by atoms with van der Waals surface area (Å²) >= 11 is 0. The molecule has 132 valence electrons. The molecule has 0 bridgehead atoms. The van der Waals surface area contributed by atoms with Crippen LogP contribution in [0.25, 0.3) is 0 Å². The van der Waals surface area contributed by atoms with E-state index in [0.717, 1.165) is 31.5 Å². The number of pyridine rings is 1. The first kappa shape index (κ1) is 17.0. The first-order valence-electron chi connectivity index (χ1n) is 8.56. The van der Waals surface area contributed by atoms with Gasteiger partial charge < -0.3 is 14.4 Å². The Bertz CT molecular complexity index is 585. The second kappa shape index (κ2) is 6.57. The fraction of sp³-hybridized carbons (Fsp3) is 0.667. The van der Waals surface area contributed by atoms with E-state index in [9.17, 15) is 9.18 Å². The van der Waals surface area contributed by atoms with Crippen molar-refractivity contribution in [2.24, 2.45) is 11.8 Å². The predicted molar refractivity (Wildman–Crippen MR) is 87.2 cm³/mol. The molecule has 1 aliphatic heterocycles. The molecule has 1 aromatic heterocycles. The Morgan fingerprint density at radius 3 is 2.79 bits per heavy atom. The van der Waals surface area contributed by atoms with Crippen LogP contribution >= 0.6 is 0 Å². The fourth-order valence-corrected chi connectivity index (χ4v) is 3.27. The molecular weight excluding hydrogens is 311 g/mol. The lowest BCUT2D eigenvalue weighted by Crippen LogP contribution is -2.47. The molecule has 24 heavy (non-hydrogen) atoms. The number of piperidine rings is 1. The van der Waals surface area contributed by atoms with E-state index in [-0.39, 0.29) is 18.0 Å². The lowest BCUT2D eigenvalue weighted by Gasteiger charge is -2.36. The summed E-state index contributed by atoms with van der Waals surface area (Å²) < 4.78 is 24.0. The highest BCUT2D eigenvalue weighted by atomic mass is 19.1. The van der Waals surface area contributed by atoms with Crippen molar-refractivity contribution in [1.82, 2.24) is 9.88 Å². The van der Waals surface area contributed by atoms with Crippen LogP contribution in [0.1, 0.15) is 40.0 Å². The Labute approximate surface area is 142 Å². The number of carbonyl (C=O) groups excluding carboxylic acids is 1. The average Bonchev–Trinajstić information content (AvgIpc) is 3.25. The number of fused-ring (bicyclic) bond motifs is 1. The summed E-state index contributed by atoms with van der Waals surface area (Å²) in [5.74, 6) is 1.39. The first-order valence-corrected chi connectivity index (χ1v) is 8.56. The normalized spacial score (nSPS) is 25.8. The van der Waals surface area contributed by atoms with Gasteiger partial charge in [-0.1, -0.05) is 0 Å². The molecular formula is C18H25FN2O3. The highest BCUT2D eigenvalue weighted by Gasteiger charge is 2.47.